The minimum Gasteiger partial charge on any atom is -0.370 e. The van der Waals surface area contributed by atoms with Crippen LogP contribution in [0, 0.1) is 11.3 Å². The van der Waals surface area contributed by atoms with Gasteiger partial charge in [-0.25, -0.2) is 0 Å². The molecular weight excluding hydrogens is 178 g/mol. The summed E-state index contributed by atoms with van der Waals surface area (Å²) < 4.78 is 0. The van der Waals surface area contributed by atoms with Gasteiger partial charge in [0.2, 0.25) is 0 Å². The van der Waals surface area contributed by atoms with Crippen LogP contribution in [0.4, 0.5) is 0 Å². The lowest BCUT2D eigenvalue weighted by atomic mass is 9.94. The molecule has 1 heterocycles. The van der Waals surface area contributed by atoms with Gasteiger partial charge in [-0.05, 0) is 25.2 Å². The molecule has 0 saturated carbocycles. The van der Waals surface area contributed by atoms with Crippen LogP contribution in [0.1, 0.15) is 19.3 Å². The van der Waals surface area contributed by atoms with E-state index in [0.29, 0.717) is 0 Å². The summed E-state index contributed by atoms with van der Waals surface area (Å²) in [5.41, 5.74) is 5.42. The third-order valence-electron chi connectivity index (χ3n) is 2.85. The molecule has 5 nitrogen and oxygen atoms in total. The summed E-state index contributed by atoms with van der Waals surface area (Å²) in [5, 5.41) is 9.03. The number of rotatable bonds is 3. The first-order valence-electron chi connectivity index (χ1n) is 5.14. The number of likely N-dealkylation sites (tertiary alicyclic amines) is 1. The molecule has 1 fully saturated rings. The van der Waals surface area contributed by atoms with E-state index in [1.807, 2.05) is 11.9 Å². The SMILES string of the molecule is CN(N)CCC1CCN(C(=N)N)CC1. The van der Waals surface area contributed by atoms with Crippen molar-refractivity contribution >= 4 is 5.96 Å². The molecule has 0 radical (unpaired) electrons. The monoisotopic (exact) mass is 199 g/mol. The molecule has 0 aromatic carbocycles. The Bertz CT molecular complexity index is 184. The molecule has 0 spiro atoms. The zero-order chi connectivity index (χ0) is 10.6. The summed E-state index contributed by atoms with van der Waals surface area (Å²) in [6.45, 7) is 2.80. The van der Waals surface area contributed by atoms with Crippen LogP contribution in [-0.2, 0) is 0 Å². The maximum Gasteiger partial charge on any atom is 0.188 e. The Morgan fingerprint density at radius 1 is 1.50 bits per heavy atom. The van der Waals surface area contributed by atoms with Gasteiger partial charge in [0, 0.05) is 26.7 Å². The van der Waals surface area contributed by atoms with Crippen LogP contribution in [0.15, 0.2) is 0 Å². The second-order valence-corrected chi connectivity index (χ2v) is 4.08. The number of guanidine groups is 1. The third-order valence-corrected chi connectivity index (χ3v) is 2.85. The Labute approximate surface area is 85.5 Å². The molecule has 1 aliphatic heterocycles. The Kier molecular flexibility index (Phi) is 4.16. The molecule has 0 unspecified atom stereocenters. The summed E-state index contributed by atoms with van der Waals surface area (Å²) in [4.78, 5) is 1.93. The summed E-state index contributed by atoms with van der Waals surface area (Å²) in [5.74, 6) is 6.51. The maximum atomic E-state index is 7.30. The normalized spacial score (nSPS) is 18.9. The third kappa shape index (κ3) is 3.51. The van der Waals surface area contributed by atoms with Crippen molar-refractivity contribution in [2.75, 3.05) is 26.7 Å². The lowest BCUT2D eigenvalue weighted by molar-refractivity contribution is 0.226. The van der Waals surface area contributed by atoms with E-state index in [0.717, 1.165) is 44.8 Å². The number of hydrogen-bond donors (Lipinski definition) is 3. The van der Waals surface area contributed by atoms with Gasteiger partial charge >= 0.3 is 0 Å². The minimum absolute atomic E-state index is 0.208. The second-order valence-electron chi connectivity index (χ2n) is 4.08. The Morgan fingerprint density at radius 3 is 2.50 bits per heavy atom. The van der Waals surface area contributed by atoms with Gasteiger partial charge in [0.05, 0.1) is 0 Å². The smallest absolute Gasteiger partial charge is 0.188 e. The molecule has 14 heavy (non-hydrogen) atoms. The number of hydrogen-bond acceptors (Lipinski definition) is 3. The van der Waals surface area contributed by atoms with Crippen molar-refractivity contribution in [3.63, 3.8) is 0 Å². The Hall–Kier alpha value is -0.810. The van der Waals surface area contributed by atoms with Crippen LogP contribution in [-0.4, -0.2) is 42.6 Å². The van der Waals surface area contributed by atoms with E-state index in [-0.39, 0.29) is 5.96 Å². The molecule has 0 aromatic rings. The molecule has 1 saturated heterocycles. The Balaban J connectivity index is 2.19. The van der Waals surface area contributed by atoms with E-state index in [1.54, 1.807) is 5.01 Å². The largest absolute Gasteiger partial charge is 0.370 e. The predicted molar refractivity (Wildman–Crippen MR) is 57.6 cm³/mol. The number of nitrogens with two attached hydrogens (primary N) is 2. The van der Waals surface area contributed by atoms with Crippen LogP contribution in [0.2, 0.25) is 0 Å². The van der Waals surface area contributed by atoms with Gasteiger partial charge in [0.1, 0.15) is 0 Å². The van der Waals surface area contributed by atoms with Crippen LogP contribution < -0.4 is 11.6 Å². The van der Waals surface area contributed by atoms with E-state index in [9.17, 15) is 0 Å². The zero-order valence-corrected chi connectivity index (χ0v) is 8.87. The molecule has 5 N–H and O–H groups in total. The first kappa shape index (κ1) is 11.3. The quantitative estimate of drug-likeness (QED) is 0.254. The van der Waals surface area contributed by atoms with Crippen molar-refractivity contribution in [1.82, 2.24) is 9.91 Å². The fourth-order valence-corrected chi connectivity index (χ4v) is 1.85. The molecule has 0 bridgehead atoms. The van der Waals surface area contributed by atoms with Crippen LogP contribution >= 0.6 is 0 Å². The number of piperidine rings is 1. The van der Waals surface area contributed by atoms with E-state index in [4.69, 9.17) is 17.0 Å². The van der Waals surface area contributed by atoms with Gasteiger partial charge in [0.15, 0.2) is 5.96 Å². The van der Waals surface area contributed by atoms with Crippen LogP contribution in [0.25, 0.3) is 0 Å². The first-order valence-corrected chi connectivity index (χ1v) is 5.14. The summed E-state index contributed by atoms with van der Waals surface area (Å²) in [6.07, 6.45) is 3.42. The van der Waals surface area contributed by atoms with E-state index < -0.39 is 0 Å². The standard InChI is InChI=1S/C9H21N5/c1-13(12)5-2-8-3-6-14(7-4-8)9(10)11/h8H,2-7,12H2,1H3,(H3,10,11). The van der Waals surface area contributed by atoms with Gasteiger partial charge in [-0.2, -0.15) is 0 Å². The molecule has 0 aromatic heterocycles. The molecule has 82 valence electrons. The summed E-state index contributed by atoms with van der Waals surface area (Å²) in [6, 6.07) is 0. The van der Waals surface area contributed by atoms with Crippen LogP contribution in [0.3, 0.4) is 0 Å². The van der Waals surface area contributed by atoms with Crippen molar-refractivity contribution in [3.8, 4) is 0 Å². The highest BCUT2D eigenvalue weighted by atomic mass is 15.4. The maximum absolute atomic E-state index is 7.30. The fraction of sp³-hybridized carbons (Fsp3) is 0.889. The molecule has 1 aliphatic rings. The minimum atomic E-state index is 0.208. The Morgan fingerprint density at radius 2 is 2.07 bits per heavy atom. The van der Waals surface area contributed by atoms with E-state index in [2.05, 4.69) is 0 Å². The van der Waals surface area contributed by atoms with Gasteiger partial charge in [-0.3, -0.25) is 16.3 Å². The van der Waals surface area contributed by atoms with E-state index in [1.165, 1.54) is 0 Å². The van der Waals surface area contributed by atoms with Gasteiger partial charge < -0.3 is 10.6 Å². The van der Waals surface area contributed by atoms with E-state index >= 15 is 0 Å². The van der Waals surface area contributed by atoms with Crippen molar-refractivity contribution in [1.29, 1.82) is 5.41 Å². The van der Waals surface area contributed by atoms with Gasteiger partial charge in [-0.15, -0.1) is 0 Å². The molecule has 0 aliphatic carbocycles. The topological polar surface area (TPSA) is 82.4 Å². The highest BCUT2D eigenvalue weighted by Gasteiger charge is 2.19. The van der Waals surface area contributed by atoms with Crippen molar-refractivity contribution < 1.29 is 0 Å². The second kappa shape index (κ2) is 5.17. The van der Waals surface area contributed by atoms with Crippen LogP contribution in [0.5, 0.6) is 0 Å². The highest BCUT2D eigenvalue weighted by Crippen LogP contribution is 2.19. The van der Waals surface area contributed by atoms with Crippen molar-refractivity contribution in [2.24, 2.45) is 17.5 Å². The first-order chi connectivity index (χ1) is 6.59. The van der Waals surface area contributed by atoms with Crippen molar-refractivity contribution in [2.45, 2.75) is 19.3 Å². The zero-order valence-electron chi connectivity index (χ0n) is 8.87. The average molecular weight is 199 g/mol. The van der Waals surface area contributed by atoms with Gasteiger partial charge in [-0.1, -0.05) is 0 Å². The molecule has 0 atom stereocenters. The summed E-state index contributed by atoms with van der Waals surface area (Å²) in [7, 11) is 1.89. The predicted octanol–water partition coefficient (Wildman–Crippen LogP) is -0.213. The lowest BCUT2D eigenvalue weighted by Gasteiger charge is -2.32. The lowest BCUT2D eigenvalue weighted by Crippen LogP contribution is -2.42. The van der Waals surface area contributed by atoms with Gasteiger partial charge in [0.25, 0.3) is 0 Å². The van der Waals surface area contributed by atoms with Crippen molar-refractivity contribution in [3.05, 3.63) is 0 Å². The molecule has 0 amide bonds. The highest BCUT2D eigenvalue weighted by molar-refractivity contribution is 5.74. The fourth-order valence-electron chi connectivity index (χ4n) is 1.85. The molecule has 1 rings (SSSR count). The number of nitrogens with zero attached hydrogens (tertiary/aromatic N) is 2. The number of nitrogens with one attached hydrogen (secondary N) is 1. The summed E-state index contributed by atoms with van der Waals surface area (Å²) >= 11 is 0. The molecular formula is C9H21N5. The average Bonchev–Trinajstić information content (AvgIpc) is 2.15. The molecule has 5 heteroatoms. The number of hydrazine groups is 1.